The first kappa shape index (κ1) is 25.4. The maximum absolute atomic E-state index is 13.9. The molecule has 1 saturated heterocycles. The third-order valence-electron chi connectivity index (χ3n) is 6.34. The minimum atomic E-state index is -1.71. The van der Waals surface area contributed by atoms with E-state index in [9.17, 15) is 19.2 Å². The molecule has 5 rings (SSSR count). The maximum Gasteiger partial charge on any atom is 0.425 e. The molecule has 0 aliphatic carbocycles. The lowest BCUT2D eigenvalue weighted by Gasteiger charge is -2.32. The number of carbonyl (C=O) groups is 4. The number of nitrogens with one attached hydrogen (secondary N) is 1. The van der Waals surface area contributed by atoms with Crippen LogP contribution in [0.1, 0.15) is 42.3 Å². The zero-order valence-corrected chi connectivity index (χ0v) is 22.1. The van der Waals surface area contributed by atoms with Crippen LogP contribution in [-0.2, 0) is 21.6 Å². The highest BCUT2D eigenvalue weighted by Crippen LogP contribution is 2.36. The quantitative estimate of drug-likeness (QED) is 0.489. The normalized spacial score (nSPS) is 19.0. The summed E-state index contributed by atoms with van der Waals surface area (Å²) in [4.78, 5) is 59.4. The number of ether oxygens (including phenoxy) is 2. The largest absolute Gasteiger partial charge is 0.497 e. The Bertz CT molecular complexity index is 1430. The van der Waals surface area contributed by atoms with Gasteiger partial charge in [0.25, 0.3) is 11.8 Å². The molecule has 10 nitrogen and oxygen atoms in total. The van der Waals surface area contributed by atoms with Gasteiger partial charge in [-0.05, 0) is 50.1 Å². The summed E-state index contributed by atoms with van der Waals surface area (Å²) in [7, 11) is 1.54. The average molecular weight is 535 g/mol. The predicted octanol–water partition coefficient (Wildman–Crippen LogP) is 4.16. The van der Waals surface area contributed by atoms with Crippen molar-refractivity contribution in [2.75, 3.05) is 13.7 Å². The van der Waals surface area contributed by atoms with E-state index in [0.29, 0.717) is 21.8 Å². The molecule has 1 atom stereocenters. The van der Waals surface area contributed by atoms with Crippen molar-refractivity contribution in [2.24, 2.45) is 0 Å². The number of rotatable bonds is 5. The van der Waals surface area contributed by atoms with E-state index in [1.165, 1.54) is 16.2 Å². The van der Waals surface area contributed by atoms with E-state index < -0.39 is 29.2 Å². The molecule has 3 aromatic rings. The van der Waals surface area contributed by atoms with Crippen LogP contribution in [0.25, 0.3) is 10.6 Å². The minimum absolute atomic E-state index is 0.191. The van der Waals surface area contributed by atoms with Crippen molar-refractivity contribution in [1.82, 2.24) is 20.1 Å². The number of nitrogens with zero attached hydrogens (tertiary/aromatic N) is 3. The minimum Gasteiger partial charge on any atom is -0.497 e. The highest BCUT2D eigenvalue weighted by molar-refractivity contribution is 7.13. The van der Waals surface area contributed by atoms with E-state index in [4.69, 9.17) is 9.47 Å². The van der Waals surface area contributed by atoms with Gasteiger partial charge >= 0.3 is 12.1 Å². The van der Waals surface area contributed by atoms with Crippen LogP contribution in [0.4, 0.5) is 9.59 Å². The topological polar surface area (TPSA) is 118 Å². The highest BCUT2D eigenvalue weighted by atomic mass is 32.1. The number of thiazole rings is 1. The van der Waals surface area contributed by atoms with E-state index in [1.54, 1.807) is 76.5 Å². The first-order chi connectivity index (χ1) is 18.0. The lowest BCUT2D eigenvalue weighted by atomic mass is 9.88. The Morgan fingerprint density at radius 3 is 2.50 bits per heavy atom. The second-order valence-corrected chi connectivity index (χ2v) is 10.9. The monoisotopic (exact) mass is 534 g/mol. The van der Waals surface area contributed by atoms with Gasteiger partial charge in [-0.15, -0.1) is 11.3 Å². The molecule has 11 heteroatoms. The lowest BCUT2D eigenvalue weighted by Crippen LogP contribution is -2.53. The van der Waals surface area contributed by atoms with Crippen LogP contribution < -0.4 is 10.1 Å². The number of carbonyl (C=O) groups excluding carboxylic acids is 4. The van der Waals surface area contributed by atoms with Gasteiger partial charge in [0.05, 0.1) is 13.7 Å². The zero-order chi connectivity index (χ0) is 27.2. The smallest absolute Gasteiger partial charge is 0.425 e. The Kier molecular flexibility index (Phi) is 6.18. The average Bonchev–Trinajstić information content (AvgIpc) is 3.56. The van der Waals surface area contributed by atoms with Crippen molar-refractivity contribution in [1.29, 1.82) is 0 Å². The van der Waals surface area contributed by atoms with Gasteiger partial charge < -0.3 is 19.7 Å². The van der Waals surface area contributed by atoms with Crippen LogP contribution in [0.15, 0.2) is 54.0 Å². The summed E-state index contributed by atoms with van der Waals surface area (Å²) >= 11 is 1.47. The molecule has 0 saturated carbocycles. The second kappa shape index (κ2) is 9.25. The number of hydrogen-bond donors (Lipinski definition) is 1. The third kappa shape index (κ3) is 4.38. The van der Waals surface area contributed by atoms with E-state index in [-0.39, 0.29) is 19.0 Å². The van der Waals surface area contributed by atoms with Gasteiger partial charge in [0.2, 0.25) is 0 Å². The lowest BCUT2D eigenvalue weighted by molar-refractivity contribution is -0.131. The van der Waals surface area contributed by atoms with Crippen molar-refractivity contribution in [3.8, 4) is 16.3 Å². The Labute approximate surface area is 223 Å². The van der Waals surface area contributed by atoms with Gasteiger partial charge in [-0.2, -0.15) is 4.90 Å². The van der Waals surface area contributed by atoms with Crippen LogP contribution in [0.2, 0.25) is 0 Å². The number of benzene rings is 2. The van der Waals surface area contributed by atoms with E-state index in [1.807, 2.05) is 5.38 Å². The molecule has 3 heterocycles. The summed E-state index contributed by atoms with van der Waals surface area (Å²) in [5.41, 5.74) is -0.161. The molecule has 5 amide bonds. The molecule has 0 bridgehead atoms. The molecule has 38 heavy (non-hydrogen) atoms. The van der Waals surface area contributed by atoms with Gasteiger partial charge in [-0.3, -0.25) is 9.59 Å². The molecule has 1 fully saturated rings. The summed E-state index contributed by atoms with van der Waals surface area (Å²) in [6.45, 7) is 4.94. The van der Waals surface area contributed by atoms with Crippen LogP contribution in [0, 0.1) is 0 Å². The van der Waals surface area contributed by atoms with Gasteiger partial charge in [0.15, 0.2) is 5.54 Å². The molecule has 1 N–H and O–H groups in total. The summed E-state index contributed by atoms with van der Waals surface area (Å²) in [5.74, 6) is -0.508. The van der Waals surface area contributed by atoms with Crippen molar-refractivity contribution in [3.05, 3.63) is 70.7 Å². The fourth-order valence-corrected chi connectivity index (χ4v) is 5.25. The van der Waals surface area contributed by atoms with Crippen LogP contribution in [0.5, 0.6) is 5.75 Å². The number of imide groups is 3. The molecular weight excluding hydrogens is 508 g/mol. The zero-order valence-electron chi connectivity index (χ0n) is 21.3. The van der Waals surface area contributed by atoms with Gasteiger partial charge in [0, 0.05) is 29.2 Å². The summed E-state index contributed by atoms with van der Waals surface area (Å²) < 4.78 is 10.6. The number of hydrogen-bond acceptors (Lipinski definition) is 8. The molecule has 1 unspecified atom stereocenters. The third-order valence-corrected chi connectivity index (χ3v) is 7.17. The predicted molar refractivity (Wildman–Crippen MR) is 139 cm³/mol. The number of methoxy groups -OCH3 is 1. The maximum atomic E-state index is 13.9. The highest BCUT2D eigenvalue weighted by Gasteiger charge is 2.57. The van der Waals surface area contributed by atoms with Crippen LogP contribution in [0.3, 0.4) is 0 Å². The van der Waals surface area contributed by atoms with Crippen molar-refractivity contribution < 1.29 is 28.7 Å². The molecule has 196 valence electrons. The fourth-order valence-electron chi connectivity index (χ4n) is 4.60. The van der Waals surface area contributed by atoms with Crippen molar-refractivity contribution >= 4 is 35.3 Å². The van der Waals surface area contributed by atoms with E-state index >= 15 is 0 Å². The van der Waals surface area contributed by atoms with E-state index in [0.717, 1.165) is 16.1 Å². The van der Waals surface area contributed by atoms with Crippen molar-refractivity contribution in [2.45, 2.75) is 38.5 Å². The number of aromatic nitrogens is 1. The van der Waals surface area contributed by atoms with Crippen molar-refractivity contribution in [3.63, 3.8) is 0 Å². The van der Waals surface area contributed by atoms with E-state index in [2.05, 4.69) is 10.3 Å². The first-order valence-electron chi connectivity index (χ1n) is 11.9. The molecule has 2 aliphatic rings. The van der Waals surface area contributed by atoms with Gasteiger partial charge in [-0.1, -0.05) is 24.3 Å². The number of fused-ring (bicyclic) bond motifs is 1. The van der Waals surface area contributed by atoms with Crippen LogP contribution >= 0.6 is 11.3 Å². The standard InChI is InChI=1S/C27H26N4O6S/c1-26(2,3)37-25(35)31-23(33)27(29-24(31)34,18-7-5-16(6-8-18)21-28-11-12-38-21)15-30-14-17-13-19(36-4)9-10-20(17)22(30)32/h5-13H,14-15H2,1-4H3,(H,29,34). The van der Waals surface area contributed by atoms with Gasteiger partial charge in [-0.25, -0.2) is 14.6 Å². The number of amides is 5. The SMILES string of the molecule is COc1ccc2c(c1)CN(CC1(c3ccc(-c4nccs4)cc3)NC(=O)N(C(=O)OC(C)(C)C)C1=O)C2=O. The summed E-state index contributed by atoms with van der Waals surface area (Å²) in [5, 5.41) is 5.36. The van der Waals surface area contributed by atoms with Gasteiger partial charge in [0.1, 0.15) is 16.4 Å². The Morgan fingerprint density at radius 2 is 1.87 bits per heavy atom. The fraction of sp³-hybridized carbons (Fsp3) is 0.296. The molecule has 0 radical (unpaired) electrons. The second-order valence-electron chi connectivity index (χ2n) is 10.1. The first-order valence-corrected chi connectivity index (χ1v) is 12.8. The van der Waals surface area contributed by atoms with Crippen LogP contribution in [-0.4, -0.2) is 58.0 Å². The molecular formula is C27H26N4O6S. The molecule has 1 aromatic heterocycles. The summed E-state index contributed by atoms with van der Waals surface area (Å²) in [6, 6.07) is 11.2. The Hall–Kier alpha value is -4.25. The molecule has 2 aromatic carbocycles. The molecule has 2 aliphatic heterocycles. The Morgan fingerprint density at radius 1 is 1.13 bits per heavy atom. The summed E-state index contributed by atoms with van der Waals surface area (Å²) in [6.07, 6.45) is 0.613. The molecule has 0 spiro atoms. The number of urea groups is 1. The Balaban J connectivity index is 1.53.